The van der Waals surface area contributed by atoms with Gasteiger partial charge in [-0.2, -0.15) is 0 Å². The summed E-state index contributed by atoms with van der Waals surface area (Å²) in [5.41, 5.74) is 3.94. The summed E-state index contributed by atoms with van der Waals surface area (Å²) in [5, 5.41) is 2.96. The van der Waals surface area contributed by atoms with Crippen molar-refractivity contribution in [2.75, 3.05) is 5.32 Å². The number of hydrogen-bond donors (Lipinski definition) is 1. The van der Waals surface area contributed by atoms with Crippen molar-refractivity contribution in [3.05, 3.63) is 60.4 Å². The van der Waals surface area contributed by atoms with Gasteiger partial charge in [-0.05, 0) is 43.2 Å². The van der Waals surface area contributed by atoms with Crippen LogP contribution < -0.4 is 5.32 Å². The van der Waals surface area contributed by atoms with Gasteiger partial charge in [0.15, 0.2) is 0 Å². The molecule has 0 fully saturated rings. The average Bonchev–Trinajstić information content (AvgIpc) is 2.99. The van der Waals surface area contributed by atoms with Crippen LogP contribution in [0.5, 0.6) is 0 Å². The van der Waals surface area contributed by atoms with Gasteiger partial charge in [0.1, 0.15) is 6.04 Å². The molecular formula is C18H19N3O. The highest BCUT2D eigenvalue weighted by atomic mass is 16.2. The summed E-state index contributed by atoms with van der Waals surface area (Å²) < 4.78 is 1.89. The number of rotatable bonds is 4. The smallest absolute Gasteiger partial charge is 0.247 e. The third-order valence-corrected chi connectivity index (χ3v) is 3.91. The van der Waals surface area contributed by atoms with E-state index in [1.54, 1.807) is 6.33 Å². The zero-order valence-electron chi connectivity index (χ0n) is 12.8. The maximum absolute atomic E-state index is 12.4. The Hall–Kier alpha value is -2.62. The second kappa shape index (κ2) is 6.02. The fourth-order valence-corrected chi connectivity index (χ4v) is 2.48. The number of benzene rings is 2. The summed E-state index contributed by atoms with van der Waals surface area (Å²) in [5.74, 6) is -0.0487. The largest absolute Gasteiger partial charge is 0.324 e. The van der Waals surface area contributed by atoms with Crippen LogP contribution in [0, 0.1) is 0 Å². The van der Waals surface area contributed by atoms with Crippen LogP contribution in [0.4, 0.5) is 5.69 Å². The first-order chi connectivity index (χ1) is 10.7. The molecule has 112 valence electrons. The van der Waals surface area contributed by atoms with Crippen LogP contribution >= 0.6 is 0 Å². The number of imidazole rings is 1. The van der Waals surface area contributed by atoms with Crippen LogP contribution in [-0.2, 0) is 11.2 Å². The predicted molar refractivity (Wildman–Crippen MR) is 88.9 cm³/mol. The molecule has 1 aromatic heterocycles. The summed E-state index contributed by atoms with van der Waals surface area (Å²) in [6.45, 7) is 3.99. The van der Waals surface area contributed by atoms with E-state index in [0.29, 0.717) is 0 Å². The molecule has 3 aromatic rings. The highest BCUT2D eigenvalue weighted by Crippen LogP contribution is 2.19. The summed E-state index contributed by atoms with van der Waals surface area (Å²) in [6.07, 6.45) is 2.71. The normalized spacial score (nSPS) is 12.3. The van der Waals surface area contributed by atoms with Crippen molar-refractivity contribution in [1.29, 1.82) is 0 Å². The maximum Gasteiger partial charge on any atom is 0.247 e. The number of aromatic nitrogens is 2. The molecule has 4 nitrogen and oxygen atoms in total. The van der Waals surface area contributed by atoms with Crippen molar-refractivity contribution in [3.63, 3.8) is 0 Å². The molecule has 4 heteroatoms. The lowest BCUT2D eigenvalue weighted by Crippen LogP contribution is -2.23. The SMILES string of the molecule is CCc1ccc(NC(=O)[C@@H](C)n2cnc3ccccc32)cc1. The minimum Gasteiger partial charge on any atom is -0.324 e. The van der Waals surface area contributed by atoms with E-state index in [-0.39, 0.29) is 11.9 Å². The Bertz CT molecular complexity index is 789. The standard InChI is InChI=1S/C18H19N3O/c1-3-14-8-10-15(11-9-14)20-18(22)13(2)21-12-19-16-6-4-5-7-17(16)21/h4-13H,3H2,1-2H3,(H,20,22)/t13-/m1/s1. The Balaban J connectivity index is 1.79. The third-order valence-electron chi connectivity index (χ3n) is 3.91. The Kier molecular flexibility index (Phi) is 3.92. The molecule has 0 bridgehead atoms. The molecule has 0 aliphatic heterocycles. The topological polar surface area (TPSA) is 46.9 Å². The van der Waals surface area contributed by atoms with Crippen LogP contribution in [0.25, 0.3) is 11.0 Å². The predicted octanol–water partition coefficient (Wildman–Crippen LogP) is 3.80. The molecule has 22 heavy (non-hydrogen) atoms. The Morgan fingerprint density at radius 2 is 1.91 bits per heavy atom. The van der Waals surface area contributed by atoms with Crippen molar-refractivity contribution >= 4 is 22.6 Å². The van der Waals surface area contributed by atoms with Gasteiger partial charge < -0.3 is 9.88 Å². The van der Waals surface area contributed by atoms with Gasteiger partial charge in [-0.25, -0.2) is 4.98 Å². The number of amides is 1. The second-order valence-electron chi connectivity index (χ2n) is 5.36. The van der Waals surface area contributed by atoms with E-state index in [4.69, 9.17) is 0 Å². The Labute approximate surface area is 129 Å². The van der Waals surface area contributed by atoms with E-state index >= 15 is 0 Å². The molecule has 3 rings (SSSR count). The number of anilines is 1. The molecule has 1 atom stereocenters. The van der Waals surface area contributed by atoms with Gasteiger partial charge in [-0.1, -0.05) is 31.2 Å². The number of nitrogens with zero attached hydrogens (tertiary/aromatic N) is 2. The van der Waals surface area contributed by atoms with E-state index in [1.807, 2.05) is 60.0 Å². The Morgan fingerprint density at radius 1 is 1.18 bits per heavy atom. The van der Waals surface area contributed by atoms with Crippen molar-refractivity contribution < 1.29 is 4.79 Å². The number of carbonyl (C=O) groups is 1. The quantitative estimate of drug-likeness (QED) is 0.795. The monoisotopic (exact) mass is 293 g/mol. The highest BCUT2D eigenvalue weighted by molar-refractivity contribution is 5.94. The van der Waals surface area contributed by atoms with Crippen molar-refractivity contribution in [1.82, 2.24) is 9.55 Å². The average molecular weight is 293 g/mol. The summed E-state index contributed by atoms with van der Waals surface area (Å²) >= 11 is 0. The third kappa shape index (κ3) is 2.72. The van der Waals surface area contributed by atoms with E-state index < -0.39 is 0 Å². The number of para-hydroxylation sites is 2. The lowest BCUT2D eigenvalue weighted by atomic mass is 10.1. The lowest BCUT2D eigenvalue weighted by Gasteiger charge is -2.14. The van der Waals surface area contributed by atoms with Gasteiger partial charge in [-0.3, -0.25) is 4.79 Å². The summed E-state index contributed by atoms with van der Waals surface area (Å²) in [7, 11) is 0. The zero-order chi connectivity index (χ0) is 15.5. The van der Waals surface area contributed by atoms with Crippen LogP contribution in [0.2, 0.25) is 0 Å². The van der Waals surface area contributed by atoms with Crippen molar-refractivity contribution in [2.24, 2.45) is 0 Å². The first-order valence-electron chi connectivity index (χ1n) is 7.50. The van der Waals surface area contributed by atoms with Crippen molar-refractivity contribution in [3.8, 4) is 0 Å². The fourth-order valence-electron chi connectivity index (χ4n) is 2.48. The number of carbonyl (C=O) groups excluding carboxylic acids is 1. The molecule has 1 heterocycles. The van der Waals surface area contributed by atoms with Crippen LogP contribution in [0.3, 0.4) is 0 Å². The number of aryl methyl sites for hydroxylation is 1. The molecular weight excluding hydrogens is 274 g/mol. The van der Waals surface area contributed by atoms with Crippen LogP contribution in [-0.4, -0.2) is 15.5 Å². The maximum atomic E-state index is 12.4. The van der Waals surface area contributed by atoms with E-state index in [2.05, 4.69) is 17.2 Å². The molecule has 1 N–H and O–H groups in total. The first kappa shape index (κ1) is 14.3. The lowest BCUT2D eigenvalue weighted by molar-refractivity contribution is -0.118. The van der Waals surface area contributed by atoms with Gasteiger partial charge in [0.2, 0.25) is 5.91 Å². The number of nitrogens with one attached hydrogen (secondary N) is 1. The molecule has 0 spiro atoms. The second-order valence-corrected chi connectivity index (χ2v) is 5.36. The molecule has 2 aromatic carbocycles. The van der Waals surface area contributed by atoms with Gasteiger partial charge >= 0.3 is 0 Å². The zero-order valence-corrected chi connectivity index (χ0v) is 12.8. The molecule has 0 aliphatic rings. The fraction of sp³-hybridized carbons (Fsp3) is 0.222. The molecule has 0 saturated carbocycles. The van der Waals surface area contributed by atoms with Crippen LogP contribution in [0.15, 0.2) is 54.9 Å². The number of fused-ring (bicyclic) bond motifs is 1. The number of hydrogen-bond acceptors (Lipinski definition) is 2. The van der Waals surface area contributed by atoms with E-state index in [9.17, 15) is 4.79 Å². The van der Waals surface area contributed by atoms with E-state index in [0.717, 1.165) is 23.1 Å². The molecule has 0 saturated heterocycles. The van der Waals surface area contributed by atoms with E-state index in [1.165, 1.54) is 5.56 Å². The van der Waals surface area contributed by atoms with Gasteiger partial charge in [0.05, 0.1) is 17.4 Å². The minimum absolute atomic E-state index is 0.0487. The van der Waals surface area contributed by atoms with Gasteiger partial charge in [0.25, 0.3) is 0 Å². The highest BCUT2D eigenvalue weighted by Gasteiger charge is 2.17. The molecule has 0 aliphatic carbocycles. The summed E-state index contributed by atoms with van der Waals surface area (Å²) in [6, 6.07) is 15.4. The van der Waals surface area contributed by atoms with Crippen molar-refractivity contribution in [2.45, 2.75) is 26.3 Å². The van der Waals surface area contributed by atoms with Gasteiger partial charge in [-0.15, -0.1) is 0 Å². The molecule has 0 radical (unpaired) electrons. The molecule has 1 amide bonds. The van der Waals surface area contributed by atoms with Gasteiger partial charge in [0, 0.05) is 5.69 Å². The first-order valence-corrected chi connectivity index (χ1v) is 7.50. The Morgan fingerprint density at radius 3 is 2.64 bits per heavy atom. The summed E-state index contributed by atoms with van der Waals surface area (Å²) in [4.78, 5) is 16.8. The molecule has 0 unspecified atom stereocenters. The minimum atomic E-state index is -0.321. The van der Waals surface area contributed by atoms with Crippen LogP contribution in [0.1, 0.15) is 25.5 Å².